The van der Waals surface area contributed by atoms with Gasteiger partial charge in [0.05, 0.1) is 11.1 Å². The van der Waals surface area contributed by atoms with Crippen LogP contribution in [0.2, 0.25) is 0 Å². The monoisotopic (exact) mass is 449 g/mol. The molecular formula is C21H28BrN3O3. The summed E-state index contributed by atoms with van der Waals surface area (Å²) in [6.45, 7) is 9.87. The van der Waals surface area contributed by atoms with Crippen molar-refractivity contribution in [2.75, 3.05) is 26.2 Å². The van der Waals surface area contributed by atoms with Crippen molar-refractivity contribution in [3.05, 3.63) is 33.8 Å². The number of benzene rings is 1. The van der Waals surface area contributed by atoms with Crippen LogP contribution in [-0.4, -0.2) is 59.7 Å². The molecule has 28 heavy (non-hydrogen) atoms. The van der Waals surface area contributed by atoms with E-state index in [2.05, 4.69) is 40.0 Å². The van der Waals surface area contributed by atoms with Gasteiger partial charge in [0.1, 0.15) is 6.04 Å². The predicted octanol–water partition coefficient (Wildman–Crippen LogP) is 2.92. The molecule has 152 valence electrons. The minimum absolute atomic E-state index is 0.297. The first-order chi connectivity index (χ1) is 13.3. The van der Waals surface area contributed by atoms with Crippen LogP contribution in [0.3, 0.4) is 0 Å². The Morgan fingerprint density at radius 3 is 2.50 bits per heavy atom. The molecule has 3 rings (SSSR count). The minimum atomic E-state index is -0.832. The maximum atomic E-state index is 12.6. The highest BCUT2D eigenvalue weighted by atomic mass is 79.9. The van der Waals surface area contributed by atoms with Crippen LogP contribution in [0.25, 0.3) is 0 Å². The van der Waals surface area contributed by atoms with Gasteiger partial charge in [-0.2, -0.15) is 0 Å². The van der Waals surface area contributed by atoms with Gasteiger partial charge < -0.3 is 10.2 Å². The molecule has 3 unspecified atom stereocenters. The van der Waals surface area contributed by atoms with Gasteiger partial charge in [0.2, 0.25) is 5.91 Å². The molecule has 1 aromatic rings. The Bertz CT molecular complexity index is 772. The number of hydrogen-bond donors (Lipinski definition) is 1. The van der Waals surface area contributed by atoms with Gasteiger partial charge in [0.15, 0.2) is 0 Å². The first kappa shape index (κ1) is 21.0. The number of piperidine rings is 1. The van der Waals surface area contributed by atoms with E-state index in [9.17, 15) is 14.4 Å². The van der Waals surface area contributed by atoms with Crippen LogP contribution >= 0.6 is 15.9 Å². The van der Waals surface area contributed by atoms with Crippen molar-refractivity contribution in [3.63, 3.8) is 0 Å². The van der Waals surface area contributed by atoms with Gasteiger partial charge in [0.25, 0.3) is 11.8 Å². The summed E-state index contributed by atoms with van der Waals surface area (Å²) in [5.41, 5.74) is 0.688. The van der Waals surface area contributed by atoms with Crippen LogP contribution in [0.1, 0.15) is 54.3 Å². The standard InChI is InChI=1S/C21H28BrN3O3/c1-13-9-14(2)12-24(11-13)8-4-7-23-19(26)15(3)25-20(27)17-6-5-16(22)10-18(17)21(25)28/h5-6,10,13-15H,4,7-9,11-12H2,1-3H3,(H,23,26). The van der Waals surface area contributed by atoms with Gasteiger partial charge in [-0.05, 0) is 56.3 Å². The Kier molecular flexibility index (Phi) is 6.55. The first-order valence-electron chi connectivity index (χ1n) is 9.95. The number of imide groups is 1. The maximum Gasteiger partial charge on any atom is 0.262 e. The summed E-state index contributed by atoms with van der Waals surface area (Å²) < 4.78 is 0.729. The van der Waals surface area contributed by atoms with Crippen LogP contribution in [0.5, 0.6) is 0 Å². The fraction of sp³-hybridized carbons (Fsp3) is 0.571. The predicted molar refractivity (Wildman–Crippen MR) is 111 cm³/mol. The summed E-state index contributed by atoms with van der Waals surface area (Å²) in [5.74, 6) is 0.306. The number of halogens is 1. The number of hydrogen-bond acceptors (Lipinski definition) is 4. The molecule has 2 aliphatic heterocycles. The normalized spacial score (nSPS) is 23.6. The van der Waals surface area contributed by atoms with Gasteiger partial charge in [0, 0.05) is 24.1 Å². The van der Waals surface area contributed by atoms with Crippen LogP contribution in [0.15, 0.2) is 22.7 Å². The number of nitrogens with one attached hydrogen (secondary N) is 1. The molecule has 7 heteroatoms. The number of rotatable bonds is 6. The zero-order chi connectivity index (χ0) is 20.4. The maximum absolute atomic E-state index is 12.6. The van der Waals surface area contributed by atoms with Crippen molar-refractivity contribution in [1.82, 2.24) is 15.1 Å². The topological polar surface area (TPSA) is 69.7 Å². The van der Waals surface area contributed by atoms with Crippen molar-refractivity contribution in [1.29, 1.82) is 0 Å². The number of carbonyl (C=O) groups is 3. The highest BCUT2D eigenvalue weighted by Crippen LogP contribution is 2.27. The molecule has 0 bridgehead atoms. The molecular weight excluding hydrogens is 422 g/mol. The average molecular weight is 450 g/mol. The molecule has 1 aromatic carbocycles. The van der Waals surface area contributed by atoms with Gasteiger partial charge in [-0.15, -0.1) is 0 Å². The zero-order valence-electron chi connectivity index (χ0n) is 16.7. The van der Waals surface area contributed by atoms with Gasteiger partial charge in [-0.3, -0.25) is 19.3 Å². The molecule has 3 atom stereocenters. The Morgan fingerprint density at radius 1 is 1.18 bits per heavy atom. The molecule has 0 spiro atoms. The van der Waals surface area contributed by atoms with Crippen LogP contribution < -0.4 is 5.32 Å². The Balaban J connectivity index is 1.50. The largest absolute Gasteiger partial charge is 0.354 e. The lowest BCUT2D eigenvalue weighted by Gasteiger charge is -2.35. The molecule has 0 aliphatic carbocycles. The van der Waals surface area contributed by atoms with E-state index in [-0.39, 0.29) is 5.91 Å². The summed E-state index contributed by atoms with van der Waals surface area (Å²) in [6.07, 6.45) is 2.13. The third-order valence-corrected chi connectivity index (χ3v) is 6.03. The molecule has 1 fully saturated rings. The quantitative estimate of drug-likeness (QED) is 0.535. The number of carbonyl (C=O) groups excluding carboxylic acids is 3. The minimum Gasteiger partial charge on any atom is -0.354 e. The van der Waals surface area contributed by atoms with Crippen molar-refractivity contribution in [2.24, 2.45) is 11.8 Å². The molecule has 6 nitrogen and oxygen atoms in total. The number of likely N-dealkylation sites (tertiary alicyclic amines) is 1. The van der Waals surface area contributed by atoms with E-state index in [4.69, 9.17) is 0 Å². The van der Waals surface area contributed by atoms with Crippen molar-refractivity contribution in [3.8, 4) is 0 Å². The third kappa shape index (κ3) is 4.46. The van der Waals surface area contributed by atoms with Crippen LogP contribution in [0.4, 0.5) is 0 Å². The fourth-order valence-electron chi connectivity index (χ4n) is 4.34. The molecule has 3 amide bonds. The zero-order valence-corrected chi connectivity index (χ0v) is 18.3. The summed E-state index contributed by atoms with van der Waals surface area (Å²) in [6, 6.07) is 4.13. The molecule has 2 heterocycles. The first-order valence-corrected chi connectivity index (χ1v) is 10.7. The van der Waals surface area contributed by atoms with E-state index in [0.29, 0.717) is 29.5 Å². The second kappa shape index (κ2) is 8.74. The Morgan fingerprint density at radius 2 is 1.82 bits per heavy atom. The molecule has 0 aromatic heterocycles. The Hall–Kier alpha value is -1.73. The van der Waals surface area contributed by atoms with Crippen molar-refractivity contribution < 1.29 is 14.4 Å². The second-order valence-electron chi connectivity index (χ2n) is 8.20. The molecule has 1 N–H and O–H groups in total. The molecule has 0 radical (unpaired) electrons. The van der Waals surface area contributed by atoms with E-state index in [1.54, 1.807) is 25.1 Å². The van der Waals surface area contributed by atoms with Crippen molar-refractivity contribution in [2.45, 2.75) is 39.7 Å². The van der Waals surface area contributed by atoms with E-state index < -0.39 is 17.9 Å². The number of nitrogens with zero attached hydrogens (tertiary/aromatic N) is 2. The van der Waals surface area contributed by atoms with E-state index in [0.717, 1.165) is 35.4 Å². The van der Waals surface area contributed by atoms with Gasteiger partial charge >= 0.3 is 0 Å². The summed E-state index contributed by atoms with van der Waals surface area (Å²) in [4.78, 5) is 41.2. The Labute approximate surface area is 174 Å². The smallest absolute Gasteiger partial charge is 0.262 e. The summed E-state index contributed by atoms with van der Waals surface area (Å²) in [5, 5.41) is 2.88. The highest BCUT2D eigenvalue weighted by molar-refractivity contribution is 9.10. The van der Waals surface area contributed by atoms with E-state index >= 15 is 0 Å². The number of fused-ring (bicyclic) bond motifs is 1. The fourth-order valence-corrected chi connectivity index (χ4v) is 4.70. The lowest BCUT2D eigenvalue weighted by atomic mass is 9.92. The second-order valence-corrected chi connectivity index (χ2v) is 9.11. The van der Waals surface area contributed by atoms with Crippen LogP contribution in [0, 0.1) is 11.8 Å². The summed E-state index contributed by atoms with van der Waals surface area (Å²) >= 11 is 3.32. The van der Waals surface area contributed by atoms with Gasteiger partial charge in [-0.25, -0.2) is 0 Å². The lowest BCUT2D eigenvalue weighted by molar-refractivity contribution is -0.124. The third-order valence-electron chi connectivity index (χ3n) is 5.54. The average Bonchev–Trinajstić information content (AvgIpc) is 2.87. The van der Waals surface area contributed by atoms with E-state index in [1.165, 1.54) is 6.42 Å². The van der Waals surface area contributed by atoms with Gasteiger partial charge in [-0.1, -0.05) is 29.8 Å². The highest BCUT2D eigenvalue weighted by Gasteiger charge is 2.40. The molecule has 2 aliphatic rings. The lowest BCUT2D eigenvalue weighted by Crippen LogP contribution is -2.48. The summed E-state index contributed by atoms with van der Waals surface area (Å²) in [7, 11) is 0. The molecule has 1 saturated heterocycles. The number of amides is 3. The van der Waals surface area contributed by atoms with Crippen molar-refractivity contribution >= 4 is 33.7 Å². The van der Waals surface area contributed by atoms with E-state index in [1.807, 2.05) is 0 Å². The van der Waals surface area contributed by atoms with Crippen LogP contribution in [-0.2, 0) is 4.79 Å². The molecule has 0 saturated carbocycles. The SMILES string of the molecule is CC1CC(C)CN(CCCNC(=O)C(C)N2C(=O)c3ccc(Br)cc3C2=O)C1.